The molecule has 0 aromatic heterocycles. The van der Waals surface area contributed by atoms with E-state index in [1.54, 1.807) is 12.1 Å². The molecule has 0 N–H and O–H groups in total. The average Bonchev–Trinajstić information content (AvgIpc) is 2.02. The normalized spacial score (nSPS) is 13.9. The fraction of sp³-hybridized carbons (Fsp3) is 0.143. The van der Waals surface area contributed by atoms with Crippen molar-refractivity contribution in [1.82, 2.24) is 0 Å². The zero-order valence-corrected chi connectivity index (χ0v) is 11.8. The van der Waals surface area contributed by atoms with Gasteiger partial charge in [0.2, 0.25) is 13.9 Å². The van der Waals surface area contributed by atoms with Crippen LogP contribution in [-0.4, -0.2) is 8.42 Å². The lowest BCUT2D eigenvalue weighted by atomic mass is 10.2. The van der Waals surface area contributed by atoms with Gasteiger partial charge in [0, 0.05) is 10.4 Å². The molecular formula is C7H7FIO2PS2. The number of halogens is 2. The highest BCUT2D eigenvalue weighted by molar-refractivity contribution is 14.2. The number of benzene rings is 1. The summed E-state index contributed by atoms with van der Waals surface area (Å²) in [6.45, 7) is 1.86. The van der Waals surface area contributed by atoms with Gasteiger partial charge in [-0.3, -0.25) is 0 Å². The maximum Gasteiger partial charge on any atom is 0.237 e. The van der Waals surface area contributed by atoms with Crippen LogP contribution in [0.25, 0.3) is 0 Å². The summed E-state index contributed by atoms with van der Waals surface area (Å²) in [5, 5.41) is -2.02. The number of aryl methyl sites for hydroxylation is 1. The molecular weight excluding hydrogens is 357 g/mol. The summed E-state index contributed by atoms with van der Waals surface area (Å²) in [5.74, 6) is 0. The summed E-state index contributed by atoms with van der Waals surface area (Å²) in [7, 11) is -3.14. The van der Waals surface area contributed by atoms with Crippen LogP contribution in [-0.2, 0) is 8.87 Å². The molecule has 0 aliphatic carbocycles. The van der Waals surface area contributed by atoms with Gasteiger partial charge >= 0.3 is 0 Å². The van der Waals surface area contributed by atoms with Gasteiger partial charge in [-0.1, -0.05) is 17.7 Å². The molecule has 78 valence electrons. The Labute approximate surface area is 100 Å². The van der Waals surface area contributed by atoms with Gasteiger partial charge in [0.05, 0.1) is 4.90 Å². The van der Waals surface area contributed by atoms with Crippen LogP contribution < -0.4 is 0 Å². The third-order valence-corrected chi connectivity index (χ3v) is 11.2. The number of rotatable bonds is 3. The van der Waals surface area contributed by atoms with Crippen molar-refractivity contribution < 1.29 is 12.6 Å². The molecule has 7 heteroatoms. The number of hydrogen-bond acceptors (Lipinski definition) is 3. The molecule has 1 rings (SSSR count). The Hall–Kier alpha value is 0.610. The summed E-state index contributed by atoms with van der Waals surface area (Å²) >= 11 is 1.48. The van der Waals surface area contributed by atoms with Crippen LogP contribution in [0.2, 0.25) is 0 Å². The van der Waals surface area contributed by atoms with Crippen LogP contribution in [0.3, 0.4) is 0 Å². The van der Waals surface area contributed by atoms with E-state index < -0.39 is 13.9 Å². The zero-order valence-electron chi connectivity index (χ0n) is 7.15. The fourth-order valence-electron chi connectivity index (χ4n) is 0.822. The summed E-state index contributed by atoms with van der Waals surface area (Å²) in [4.78, 5) is 0.162. The molecule has 1 aromatic rings. The minimum Gasteiger partial charge on any atom is -0.212 e. The van der Waals surface area contributed by atoms with Crippen LogP contribution >= 0.6 is 37.5 Å². The molecule has 0 fully saturated rings. The first-order chi connectivity index (χ1) is 6.42. The Morgan fingerprint density at radius 1 is 1.36 bits per heavy atom. The van der Waals surface area contributed by atoms with E-state index in [1.807, 2.05) is 6.92 Å². The average molecular weight is 364 g/mol. The highest BCUT2D eigenvalue weighted by Crippen LogP contribution is 2.62. The fourth-order valence-corrected chi connectivity index (χ4v) is 10.4. The summed E-state index contributed by atoms with van der Waals surface area (Å²) < 4.78 is 35.6. The van der Waals surface area contributed by atoms with Gasteiger partial charge in [0.1, 0.15) is 0 Å². The van der Waals surface area contributed by atoms with E-state index in [-0.39, 0.29) is 4.90 Å². The molecule has 1 aromatic carbocycles. The smallest absolute Gasteiger partial charge is 0.212 e. The lowest BCUT2D eigenvalue weighted by Gasteiger charge is -2.02. The quantitative estimate of drug-likeness (QED) is 0.461. The first-order valence-corrected chi connectivity index (χ1v) is 11.0. The Balaban J connectivity index is 2.99. The molecule has 0 aliphatic heterocycles. The first kappa shape index (κ1) is 12.7. The predicted molar refractivity (Wildman–Crippen MR) is 68.0 cm³/mol. The zero-order chi connectivity index (χ0) is 10.8. The van der Waals surface area contributed by atoms with Crippen molar-refractivity contribution >= 4 is 46.4 Å². The highest BCUT2D eigenvalue weighted by Gasteiger charge is 2.20. The molecule has 1 unspecified atom stereocenters. The van der Waals surface area contributed by atoms with Gasteiger partial charge in [-0.15, -0.1) is 0 Å². The van der Waals surface area contributed by atoms with E-state index in [0.29, 0.717) is 10.4 Å². The van der Waals surface area contributed by atoms with Crippen molar-refractivity contribution in [2.45, 2.75) is 11.8 Å². The predicted octanol–water partition coefficient (Wildman–Crippen LogP) is 4.05. The van der Waals surface area contributed by atoms with Crippen LogP contribution in [0.5, 0.6) is 0 Å². The minimum absolute atomic E-state index is 0.162. The second-order valence-electron chi connectivity index (χ2n) is 2.54. The van der Waals surface area contributed by atoms with Crippen LogP contribution in [0.15, 0.2) is 29.2 Å². The molecule has 1 atom stereocenters. The third-order valence-electron chi connectivity index (χ3n) is 1.46. The van der Waals surface area contributed by atoms with E-state index in [0.717, 1.165) is 5.56 Å². The van der Waals surface area contributed by atoms with Crippen molar-refractivity contribution in [3.05, 3.63) is 29.8 Å². The van der Waals surface area contributed by atoms with Crippen molar-refractivity contribution in [2.24, 2.45) is 0 Å². The van der Waals surface area contributed by atoms with E-state index in [4.69, 9.17) is 0 Å². The molecule has 0 heterocycles. The van der Waals surface area contributed by atoms with E-state index in [9.17, 15) is 12.6 Å². The second-order valence-corrected chi connectivity index (χ2v) is 13.0. The summed E-state index contributed by atoms with van der Waals surface area (Å²) in [6, 6.07) is 6.38. The monoisotopic (exact) mass is 364 g/mol. The molecule has 0 aliphatic rings. The summed E-state index contributed by atoms with van der Waals surface area (Å²) in [5.41, 5.74) is 0.978. The van der Waals surface area contributed by atoms with Gasteiger partial charge in [-0.05, 0) is 41.1 Å². The molecule has 0 saturated carbocycles. The van der Waals surface area contributed by atoms with Gasteiger partial charge < -0.3 is 0 Å². The second kappa shape index (κ2) is 5.09. The Morgan fingerprint density at radius 2 is 1.86 bits per heavy atom. The lowest BCUT2D eigenvalue weighted by molar-refractivity contribution is 0.610. The Kier molecular flexibility index (Phi) is 4.61. The SMILES string of the molecule is Cc1ccc(S(=O)(=O)SP(F)I)cc1. The topological polar surface area (TPSA) is 34.1 Å². The molecule has 14 heavy (non-hydrogen) atoms. The van der Waals surface area contributed by atoms with E-state index >= 15 is 0 Å². The molecule has 0 spiro atoms. The molecule has 0 amide bonds. The van der Waals surface area contributed by atoms with Crippen molar-refractivity contribution in [1.29, 1.82) is 0 Å². The van der Waals surface area contributed by atoms with E-state index in [2.05, 4.69) is 0 Å². The van der Waals surface area contributed by atoms with Gasteiger partial charge in [0.15, 0.2) is 0 Å². The maximum absolute atomic E-state index is 12.6. The van der Waals surface area contributed by atoms with Crippen LogP contribution in [0.1, 0.15) is 5.56 Å². The van der Waals surface area contributed by atoms with Crippen molar-refractivity contribution in [3.8, 4) is 0 Å². The summed E-state index contributed by atoms with van der Waals surface area (Å²) in [6.07, 6.45) is 0. The maximum atomic E-state index is 12.6. The standard InChI is InChI=1S/C7H7FIO2PS2/c1-6-2-4-7(5-3-6)14(10,11)13-12(8)9/h2-5H,1H3. The van der Waals surface area contributed by atoms with Crippen molar-refractivity contribution in [3.63, 3.8) is 0 Å². The Bertz CT molecular complexity index is 404. The molecule has 2 nitrogen and oxygen atoms in total. The minimum atomic E-state index is -3.51. The van der Waals surface area contributed by atoms with E-state index in [1.165, 1.54) is 34.2 Å². The largest absolute Gasteiger partial charge is 0.237 e. The highest BCUT2D eigenvalue weighted by atomic mass is 127. The van der Waals surface area contributed by atoms with Crippen LogP contribution in [0, 0.1) is 6.92 Å². The lowest BCUT2D eigenvalue weighted by Crippen LogP contribution is -1.92. The molecule has 0 saturated heterocycles. The van der Waals surface area contributed by atoms with Gasteiger partial charge in [-0.25, -0.2) is 12.6 Å². The molecule has 0 radical (unpaired) electrons. The number of hydrogen-bond donors (Lipinski definition) is 0. The van der Waals surface area contributed by atoms with Gasteiger partial charge in [-0.2, -0.15) is 0 Å². The van der Waals surface area contributed by atoms with Crippen LogP contribution in [0.4, 0.5) is 4.20 Å². The first-order valence-electron chi connectivity index (χ1n) is 3.55. The third kappa shape index (κ3) is 3.64. The molecule has 0 bridgehead atoms. The van der Waals surface area contributed by atoms with Gasteiger partial charge in [0.25, 0.3) is 0 Å². The Morgan fingerprint density at radius 3 is 2.29 bits per heavy atom. The van der Waals surface area contributed by atoms with Crippen molar-refractivity contribution in [2.75, 3.05) is 0 Å².